The van der Waals surface area contributed by atoms with Gasteiger partial charge in [0.15, 0.2) is 0 Å². The minimum absolute atomic E-state index is 0.0552. The van der Waals surface area contributed by atoms with Crippen LogP contribution in [0, 0.1) is 12.7 Å². The Labute approximate surface area is 185 Å². The van der Waals surface area contributed by atoms with Crippen molar-refractivity contribution < 1.29 is 17.6 Å². The molecule has 1 N–H and O–H groups in total. The molecule has 0 spiro atoms. The minimum Gasteiger partial charge on any atom is -0.308 e. The third kappa shape index (κ3) is 4.49. The average Bonchev–Trinajstić information content (AvgIpc) is 3.17. The van der Waals surface area contributed by atoms with Gasteiger partial charge in [-0.2, -0.15) is 0 Å². The van der Waals surface area contributed by atoms with Crippen LogP contribution in [0.15, 0.2) is 65.6 Å². The van der Waals surface area contributed by atoms with Crippen molar-refractivity contribution >= 4 is 33.2 Å². The number of anilines is 1. The minimum atomic E-state index is -3.84. The van der Waals surface area contributed by atoms with Gasteiger partial charge in [-0.1, -0.05) is 41.4 Å². The van der Waals surface area contributed by atoms with Crippen LogP contribution in [0.1, 0.15) is 27.0 Å². The highest BCUT2D eigenvalue weighted by Crippen LogP contribution is 2.30. The van der Waals surface area contributed by atoms with Crippen molar-refractivity contribution in [1.29, 1.82) is 0 Å². The van der Waals surface area contributed by atoms with E-state index in [0.717, 1.165) is 34.5 Å². The summed E-state index contributed by atoms with van der Waals surface area (Å²) in [7, 11) is -3.84. The fourth-order valence-corrected chi connectivity index (χ4v) is 4.82. The lowest BCUT2D eigenvalue weighted by Gasteiger charge is -2.18. The number of aryl methyl sites for hydroxylation is 1. The van der Waals surface area contributed by atoms with E-state index in [1.54, 1.807) is 11.0 Å². The van der Waals surface area contributed by atoms with E-state index in [1.807, 2.05) is 43.3 Å². The predicted molar refractivity (Wildman–Crippen MR) is 118 cm³/mol. The lowest BCUT2D eigenvalue weighted by atomic mass is 10.1. The predicted octanol–water partition coefficient (Wildman–Crippen LogP) is 4.47. The van der Waals surface area contributed by atoms with Gasteiger partial charge < -0.3 is 4.90 Å². The Hall–Kier alpha value is -2.74. The molecule has 0 fully saturated rings. The molecule has 3 aromatic rings. The summed E-state index contributed by atoms with van der Waals surface area (Å²) < 4.78 is 40.8. The van der Waals surface area contributed by atoms with Crippen molar-refractivity contribution in [3.05, 3.63) is 93.8 Å². The second-order valence-electron chi connectivity index (χ2n) is 7.44. The van der Waals surface area contributed by atoms with Gasteiger partial charge in [-0.25, -0.2) is 17.5 Å². The van der Waals surface area contributed by atoms with Gasteiger partial charge in [-0.3, -0.25) is 4.79 Å². The summed E-state index contributed by atoms with van der Waals surface area (Å²) in [5.41, 5.74) is 4.31. The number of hydrogen-bond donors (Lipinski definition) is 1. The zero-order chi connectivity index (χ0) is 22.2. The third-order valence-corrected chi connectivity index (χ3v) is 6.94. The first-order valence-electron chi connectivity index (χ1n) is 9.70. The number of nitrogens with one attached hydrogen (secondary N) is 1. The number of carbonyl (C=O) groups is 1. The number of fused-ring (bicyclic) bond motifs is 1. The van der Waals surface area contributed by atoms with Crippen molar-refractivity contribution in [3.63, 3.8) is 0 Å². The molecular formula is C23H20ClFN2O3S. The molecular weight excluding hydrogens is 439 g/mol. The van der Waals surface area contributed by atoms with Crippen LogP contribution in [0.5, 0.6) is 0 Å². The normalized spacial score (nSPS) is 13.3. The average molecular weight is 459 g/mol. The molecule has 0 unspecified atom stereocenters. The van der Waals surface area contributed by atoms with Gasteiger partial charge in [0, 0.05) is 24.3 Å². The zero-order valence-corrected chi connectivity index (χ0v) is 18.3. The third-order valence-electron chi connectivity index (χ3n) is 5.25. The van der Waals surface area contributed by atoms with Crippen LogP contribution in [0.2, 0.25) is 5.02 Å². The van der Waals surface area contributed by atoms with Gasteiger partial charge in [0.2, 0.25) is 10.0 Å². The molecule has 0 aliphatic carbocycles. The summed E-state index contributed by atoms with van der Waals surface area (Å²) in [6.07, 6.45) is 0.696. The standard InChI is InChI=1S/C23H20ClFN2O3S/c1-15-2-5-17(6-3-15)23(28)27-11-10-18-12-16(4-9-22(18)27)14-26-31(29,30)19-7-8-21(25)20(24)13-19/h2-9,12-13,26H,10-11,14H2,1H3. The molecule has 5 nitrogen and oxygen atoms in total. The van der Waals surface area contributed by atoms with Crippen LogP contribution in [-0.2, 0) is 23.0 Å². The SMILES string of the molecule is Cc1ccc(C(=O)N2CCc3cc(CNS(=O)(=O)c4ccc(F)c(Cl)c4)ccc32)cc1. The van der Waals surface area contributed by atoms with Crippen molar-refractivity contribution in [3.8, 4) is 0 Å². The van der Waals surface area contributed by atoms with Crippen molar-refractivity contribution in [2.75, 3.05) is 11.4 Å². The molecule has 1 aliphatic rings. The molecule has 0 atom stereocenters. The molecule has 1 aliphatic heterocycles. The second kappa shape index (κ2) is 8.42. The molecule has 1 heterocycles. The van der Waals surface area contributed by atoms with Crippen molar-refractivity contribution in [2.45, 2.75) is 24.8 Å². The zero-order valence-electron chi connectivity index (χ0n) is 16.7. The van der Waals surface area contributed by atoms with Gasteiger partial charge in [-0.05, 0) is 60.9 Å². The van der Waals surface area contributed by atoms with Gasteiger partial charge in [-0.15, -0.1) is 0 Å². The summed E-state index contributed by atoms with van der Waals surface area (Å²) in [5.74, 6) is -0.732. The van der Waals surface area contributed by atoms with Gasteiger partial charge in [0.05, 0.1) is 9.92 Å². The first kappa shape index (κ1) is 21.5. The molecule has 0 radical (unpaired) electrons. The van der Waals surface area contributed by atoms with Crippen LogP contribution in [0.25, 0.3) is 0 Å². The maximum absolute atomic E-state index is 13.3. The number of rotatable bonds is 5. The van der Waals surface area contributed by atoms with Crippen LogP contribution in [0.4, 0.5) is 10.1 Å². The highest BCUT2D eigenvalue weighted by molar-refractivity contribution is 7.89. The number of carbonyl (C=O) groups excluding carboxylic acids is 1. The van der Waals surface area contributed by atoms with E-state index in [0.29, 0.717) is 18.5 Å². The van der Waals surface area contributed by atoms with Crippen LogP contribution in [0.3, 0.4) is 0 Å². The Morgan fingerprint density at radius 2 is 1.84 bits per heavy atom. The number of nitrogens with zero attached hydrogens (tertiary/aromatic N) is 1. The molecule has 0 bridgehead atoms. The Morgan fingerprint density at radius 1 is 1.10 bits per heavy atom. The first-order chi connectivity index (χ1) is 14.7. The highest BCUT2D eigenvalue weighted by Gasteiger charge is 2.26. The monoisotopic (exact) mass is 458 g/mol. The quantitative estimate of drug-likeness (QED) is 0.613. The van der Waals surface area contributed by atoms with E-state index < -0.39 is 15.8 Å². The summed E-state index contributed by atoms with van der Waals surface area (Å²) in [6, 6.07) is 16.3. The Bertz CT molecular complexity index is 1260. The smallest absolute Gasteiger partial charge is 0.258 e. The molecule has 1 amide bonds. The maximum atomic E-state index is 13.3. The Morgan fingerprint density at radius 3 is 2.55 bits per heavy atom. The van der Waals surface area contributed by atoms with E-state index in [-0.39, 0.29) is 22.4 Å². The lowest BCUT2D eigenvalue weighted by Crippen LogP contribution is -2.28. The molecule has 160 valence electrons. The number of hydrogen-bond acceptors (Lipinski definition) is 3. The number of sulfonamides is 1. The maximum Gasteiger partial charge on any atom is 0.258 e. The lowest BCUT2D eigenvalue weighted by molar-refractivity contribution is 0.0989. The highest BCUT2D eigenvalue weighted by atomic mass is 35.5. The molecule has 4 rings (SSSR count). The topological polar surface area (TPSA) is 66.5 Å². The van der Waals surface area contributed by atoms with Gasteiger partial charge in [0.25, 0.3) is 5.91 Å². The fraction of sp³-hybridized carbons (Fsp3) is 0.174. The second-order valence-corrected chi connectivity index (χ2v) is 9.61. The van der Waals surface area contributed by atoms with Crippen LogP contribution >= 0.6 is 11.6 Å². The summed E-state index contributed by atoms with van der Waals surface area (Å²) in [4.78, 5) is 14.5. The molecule has 0 aromatic heterocycles. The summed E-state index contributed by atoms with van der Waals surface area (Å²) >= 11 is 5.69. The first-order valence-corrected chi connectivity index (χ1v) is 11.6. The van der Waals surface area contributed by atoms with Crippen molar-refractivity contribution in [2.24, 2.45) is 0 Å². The van der Waals surface area contributed by atoms with E-state index in [1.165, 1.54) is 6.07 Å². The van der Waals surface area contributed by atoms with E-state index in [2.05, 4.69) is 4.72 Å². The number of benzene rings is 3. The molecule has 0 saturated carbocycles. The van der Waals surface area contributed by atoms with Crippen molar-refractivity contribution in [1.82, 2.24) is 4.72 Å². The largest absolute Gasteiger partial charge is 0.308 e. The number of halogens is 2. The Balaban J connectivity index is 1.48. The summed E-state index contributed by atoms with van der Waals surface area (Å²) in [6.45, 7) is 2.61. The number of amides is 1. The molecule has 8 heteroatoms. The van der Waals surface area contributed by atoms with Crippen LogP contribution < -0.4 is 9.62 Å². The van der Waals surface area contributed by atoms with Gasteiger partial charge in [0.1, 0.15) is 5.82 Å². The van der Waals surface area contributed by atoms with E-state index in [4.69, 9.17) is 11.6 Å². The molecule has 3 aromatic carbocycles. The van der Waals surface area contributed by atoms with E-state index >= 15 is 0 Å². The molecule has 31 heavy (non-hydrogen) atoms. The van der Waals surface area contributed by atoms with Crippen LogP contribution in [-0.4, -0.2) is 20.9 Å². The Kier molecular flexibility index (Phi) is 5.83. The summed E-state index contributed by atoms with van der Waals surface area (Å²) in [5, 5.41) is -0.251. The molecule has 0 saturated heterocycles. The van der Waals surface area contributed by atoms with E-state index in [9.17, 15) is 17.6 Å². The van der Waals surface area contributed by atoms with Gasteiger partial charge >= 0.3 is 0 Å². The fourth-order valence-electron chi connectivity index (χ4n) is 3.53.